The Kier molecular flexibility index (Phi) is 2.35. The minimum absolute atomic E-state index is 0.116. The summed E-state index contributed by atoms with van der Waals surface area (Å²) in [5, 5.41) is 6.69. The van der Waals surface area contributed by atoms with Crippen molar-refractivity contribution in [3.63, 3.8) is 0 Å². The van der Waals surface area contributed by atoms with Crippen molar-refractivity contribution in [2.75, 3.05) is 31.1 Å². The van der Waals surface area contributed by atoms with Gasteiger partial charge in [-0.25, -0.2) is 4.39 Å². The molecule has 2 aromatic rings. The predicted octanol–water partition coefficient (Wildman–Crippen LogP) is 2.70. The summed E-state index contributed by atoms with van der Waals surface area (Å²) >= 11 is 1.62. The summed E-state index contributed by atoms with van der Waals surface area (Å²) in [5.41, 5.74) is 1.08. The third-order valence-corrected chi connectivity index (χ3v) is 5.11. The largest absolute Gasteiger partial charge is 0.370 e. The van der Waals surface area contributed by atoms with Gasteiger partial charge in [0.25, 0.3) is 0 Å². The number of thiophene rings is 1. The first-order chi connectivity index (χ1) is 8.81. The molecule has 2 saturated heterocycles. The van der Waals surface area contributed by atoms with Crippen LogP contribution in [0.25, 0.3) is 10.1 Å². The molecule has 3 heterocycles. The van der Waals surface area contributed by atoms with Crippen LogP contribution in [0.1, 0.15) is 0 Å². The van der Waals surface area contributed by atoms with Gasteiger partial charge in [0, 0.05) is 42.0 Å². The fraction of sp³-hybridized carbons (Fsp3) is 0.429. The second-order valence-corrected chi connectivity index (χ2v) is 6.29. The number of rotatable bonds is 1. The molecule has 18 heavy (non-hydrogen) atoms. The van der Waals surface area contributed by atoms with Gasteiger partial charge in [-0.2, -0.15) is 0 Å². The lowest BCUT2D eigenvalue weighted by Crippen LogP contribution is -2.25. The second-order valence-electron chi connectivity index (χ2n) is 5.34. The van der Waals surface area contributed by atoms with E-state index in [1.165, 1.54) is 5.39 Å². The summed E-state index contributed by atoms with van der Waals surface area (Å²) in [6, 6.07) is 5.45. The summed E-state index contributed by atoms with van der Waals surface area (Å²) in [7, 11) is 0. The summed E-state index contributed by atoms with van der Waals surface area (Å²) in [6.45, 7) is 4.35. The Morgan fingerprint density at radius 1 is 1.22 bits per heavy atom. The minimum Gasteiger partial charge on any atom is -0.370 e. The van der Waals surface area contributed by atoms with Gasteiger partial charge in [-0.05, 0) is 35.4 Å². The highest BCUT2D eigenvalue weighted by atomic mass is 32.1. The number of nitrogens with zero attached hydrogens (tertiary/aromatic N) is 1. The molecule has 1 aromatic heterocycles. The Bertz CT molecular complexity index is 582. The molecule has 2 aliphatic heterocycles. The zero-order chi connectivity index (χ0) is 12.1. The van der Waals surface area contributed by atoms with Gasteiger partial charge in [0.2, 0.25) is 0 Å². The van der Waals surface area contributed by atoms with Crippen LogP contribution in [0.2, 0.25) is 0 Å². The quantitative estimate of drug-likeness (QED) is 0.850. The molecular formula is C14H15FN2S. The molecule has 4 heteroatoms. The van der Waals surface area contributed by atoms with Crippen LogP contribution in [-0.4, -0.2) is 26.2 Å². The van der Waals surface area contributed by atoms with Gasteiger partial charge < -0.3 is 10.2 Å². The molecule has 2 nitrogen and oxygen atoms in total. The molecule has 1 N–H and O–H groups in total. The molecule has 0 bridgehead atoms. The van der Waals surface area contributed by atoms with Crippen LogP contribution < -0.4 is 10.2 Å². The van der Waals surface area contributed by atoms with E-state index >= 15 is 0 Å². The van der Waals surface area contributed by atoms with Crippen molar-refractivity contribution >= 4 is 27.1 Å². The van der Waals surface area contributed by atoms with Crippen molar-refractivity contribution < 1.29 is 4.39 Å². The van der Waals surface area contributed by atoms with Gasteiger partial charge in [-0.3, -0.25) is 0 Å². The number of nitrogens with one attached hydrogen (secondary N) is 1. The molecule has 0 aliphatic carbocycles. The maximum Gasteiger partial charge on any atom is 0.126 e. The molecule has 2 unspecified atom stereocenters. The SMILES string of the molecule is Fc1cc(N2CC3CNCC3C2)c2ccsc2c1. The average Bonchev–Trinajstić information content (AvgIpc) is 3.01. The Morgan fingerprint density at radius 3 is 2.78 bits per heavy atom. The van der Waals surface area contributed by atoms with Crippen LogP contribution in [0.5, 0.6) is 0 Å². The van der Waals surface area contributed by atoms with E-state index in [1.54, 1.807) is 23.5 Å². The van der Waals surface area contributed by atoms with E-state index in [0.717, 1.165) is 48.4 Å². The number of hydrogen-bond donors (Lipinski definition) is 1. The lowest BCUT2D eigenvalue weighted by atomic mass is 10.0. The van der Waals surface area contributed by atoms with Gasteiger partial charge >= 0.3 is 0 Å². The Hall–Kier alpha value is -1.13. The molecule has 2 atom stereocenters. The smallest absolute Gasteiger partial charge is 0.126 e. The van der Waals surface area contributed by atoms with Crippen molar-refractivity contribution in [1.29, 1.82) is 0 Å². The van der Waals surface area contributed by atoms with E-state index in [2.05, 4.69) is 16.3 Å². The van der Waals surface area contributed by atoms with Crippen molar-refractivity contribution in [2.24, 2.45) is 11.8 Å². The molecule has 1 aromatic carbocycles. The first-order valence-electron chi connectivity index (χ1n) is 6.44. The van der Waals surface area contributed by atoms with Gasteiger partial charge in [-0.15, -0.1) is 11.3 Å². The highest BCUT2D eigenvalue weighted by molar-refractivity contribution is 7.17. The fourth-order valence-corrected chi connectivity index (χ4v) is 4.16. The molecule has 94 valence electrons. The van der Waals surface area contributed by atoms with Gasteiger partial charge in [0.1, 0.15) is 5.82 Å². The van der Waals surface area contributed by atoms with Crippen molar-refractivity contribution in [3.05, 3.63) is 29.4 Å². The molecular weight excluding hydrogens is 247 g/mol. The summed E-state index contributed by atoms with van der Waals surface area (Å²) < 4.78 is 14.7. The average molecular weight is 262 g/mol. The van der Waals surface area contributed by atoms with Crippen LogP contribution in [0.4, 0.5) is 10.1 Å². The molecule has 0 spiro atoms. The number of halogens is 1. The van der Waals surface area contributed by atoms with E-state index in [-0.39, 0.29) is 5.82 Å². The highest BCUT2D eigenvalue weighted by Gasteiger charge is 2.36. The minimum atomic E-state index is -0.116. The standard InChI is InChI=1S/C14H15FN2S/c15-11-3-13(12-1-2-18-14(12)4-11)17-7-9-5-16-6-10(9)8-17/h1-4,9-10,16H,5-8H2. The first kappa shape index (κ1) is 10.8. The first-order valence-corrected chi connectivity index (χ1v) is 7.31. The number of hydrogen-bond acceptors (Lipinski definition) is 3. The van der Waals surface area contributed by atoms with Gasteiger partial charge in [0.05, 0.1) is 0 Å². The maximum absolute atomic E-state index is 13.7. The summed E-state index contributed by atoms with van der Waals surface area (Å²) in [5.74, 6) is 1.36. The number of anilines is 1. The van der Waals surface area contributed by atoms with Crippen LogP contribution in [0.3, 0.4) is 0 Å². The molecule has 4 rings (SSSR count). The summed E-state index contributed by atoms with van der Waals surface area (Å²) in [6.07, 6.45) is 0. The summed E-state index contributed by atoms with van der Waals surface area (Å²) in [4.78, 5) is 2.37. The van der Waals surface area contributed by atoms with Gasteiger partial charge in [0.15, 0.2) is 0 Å². The van der Waals surface area contributed by atoms with Crippen LogP contribution in [0, 0.1) is 17.7 Å². The molecule has 0 amide bonds. The second kappa shape index (κ2) is 3.93. The highest BCUT2D eigenvalue weighted by Crippen LogP contribution is 2.36. The molecule has 0 radical (unpaired) electrons. The van der Waals surface area contributed by atoms with E-state index < -0.39 is 0 Å². The monoisotopic (exact) mass is 262 g/mol. The molecule has 0 saturated carbocycles. The molecule has 2 fully saturated rings. The Labute approximate surface area is 109 Å². The lowest BCUT2D eigenvalue weighted by molar-refractivity contribution is 0.533. The van der Waals surface area contributed by atoms with Crippen LogP contribution in [-0.2, 0) is 0 Å². The van der Waals surface area contributed by atoms with Crippen LogP contribution >= 0.6 is 11.3 Å². The van der Waals surface area contributed by atoms with E-state index in [0.29, 0.717) is 0 Å². The fourth-order valence-electron chi connectivity index (χ4n) is 3.33. The maximum atomic E-state index is 13.7. The Balaban J connectivity index is 1.76. The third kappa shape index (κ3) is 1.56. The number of fused-ring (bicyclic) bond motifs is 2. The zero-order valence-electron chi connectivity index (χ0n) is 10.0. The topological polar surface area (TPSA) is 15.3 Å². The molecule has 2 aliphatic rings. The predicted molar refractivity (Wildman–Crippen MR) is 73.8 cm³/mol. The van der Waals surface area contributed by atoms with Gasteiger partial charge in [-0.1, -0.05) is 0 Å². The third-order valence-electron chi connectivity index (χ3n) is 4.24. The van der Waals surface area contributed by atoms with Crippen molar-refractivity contribution in [1.82, 2.24) is 5.32 Å². The van der Waals surface area contributed by atoms with E-state index in [9.17, 15) is 4.39 Å². The lowest BCUT2D eigenvalue weighted by Gasteiger charge is -2.21. The zero-order valence-corrected chi connectivity index (χ0v) is 10.8. The number of benzene rings is 1. The van der Waals surface area contributed by atoms with Crippen molar-refractivity contribution in [2.45, 2.75) is 0 Å². The Morgan fingerprint density at radius 2 is 2.00 bits per heavy atom. The van der Waals surface area contributed by atoms with E-state index in [1.807, 2.05) is 5.38 Å². The van der Waals surface area contributed by atoms with Crippen LogP contribution in [0.15, 0.2) is 23.6 Å². The van der Waals surface area contributed by atoms with E-state index in [4.69, 9.17) is 0 Å². The normalized spacial score (nSPS) is 27.1. The van der Waals surface area contributed by atoms with Crippen molar-refractivity contribution in [3.8, 4) is 0 Å².